The van der Waals surface area contributed by atoms with Crippen molar-refractivity contribution in [2.75, 3.05) is 7.11 Å². The molecule has 0 saturated carbocycles. The largest absolute Gasteiger partial charge is 0.380 e. The molecule has 2 atom stereocenters. The van der Waals surface area contributed by atoms with Gasteiger partial charge >= 0.3 is 0 Å². The predicted octanol–water partition coefficient (Wildman–Crippen LogP) is 2.93. The Balaban J connectivity index is 2.62. The number of hydrogen-bond donors (Lipinski definition) is 1. The first-order valence-electron chi connectivity index (χ1n) is 7.48. The monoisotopic (exact) mass is 267 g/mol. The molecular weight excluding hydrogens is 238 g/mol. The zero-order chi connectivity index (χ0) is 14.3. The van der Waals surface area contributed by atoms with Gasteiger partial charge in [0.05, 0.1) is 17.8 Å². The number of nitrogens with zero attached hydrogens (tertiary/aromatic N) is 2. The van der Waals surface area contributed by atoms with E-state index in [9.17, 15) is 0 Å². The molecule has 0 fully saturated rings. The molecule has 0 amide bonds. The second-order valence-electron chi connectivity index (χ2n) is 5.19. The van der Waals surface area contributed by atoms with E-state index in [0.29, 0.717) is 6.04 Å². The zero-order valence-corrected chi connectivity index (χ0v) is 12.8. The fourth-order valence-electron chi connectivity index (χ4n) is 2.52. The Labute approximate surface area is 117 Å². The minimum atomic E-state index is 0.0232. The molecular formula is C15H29N3O. The van der Waals surface area contributed by atoms with Crippen LogP contribution in [-0.2, 0) is 11.2 Å². The summed E-state index contributed by atoms with van der Waals surface area (Å²) in [6.45, 7) is 6.55. The van der Waals surface area contributed by atoms with Gasteiger partial charge in [-0.25, -0.2) is 0 Å². The molecule has 4 heteroatoms. The minimum Gasteiger partial charge on any atom is -0.380 e. The maximum absolute atomic E-state index is 6.22. The normalized spacial score (nSPS) is 14.8. The Morgan fingerprint density at radius 1 is 1.32 bits per heavy atom. The molecule has 2 N–H and O–H groups in total. The van der Waals surface area contributed by atoms with Crippen molar-refractivity contribution in [2.45, 2.75) is 71.1 Å². The second-order valence-corrected chi connectivity index (χ2v) is 5.19. The highest BCUT2D eigenvalue weighted by molar-refractivity contribution is 5.03. The number of aromatic nitrogens is 2. The number of methoxy groups -OCH3 is 1. The number of nitrogens with two attached hydrogens (primary N) is 1. The van der Waals surface area contributed by atoms with E-state index < -0.39 is 0 Å². The van der Waals surface area contributed by atoms with E-state index in [0.717, 1.165) is 37.8 Å². The van der Waals surface area contributed by atoms with Gasteiger partial charge in [-0.2, -0.15) is 5.10 Å². The van der Waals surface area contributed by atoms with E-state index >= 15 is 0 Å². The Bertz CT molecular complexity index is 347. The summed E-state index contributed by atoms with van der Waals surface area (Å²) in [4.78, 5) is 0. The molecule has 1 heterocycles. The molecule has 0 spiro atoms. The highest BCUT2D eigenvalue weighted by Crippen LogP contribution is 2.16. The molecule has 1 rings (SSSR count). The average molecular weight is 267 g/mol. The van der Waals surface area contributed by atoms with E-state index in [1.165, 1.54) is 0 Å². The van der Waals surface area contributed by atoms with Crippen LogP contribution in [0.2, 0.25) is 0 Å². The highest BCUT2D eigenvalue weighted by atomic mass is 16.5. The van der Waals surface area contributed by atoms with Crippen molar-refractivity contribution < 1.29 is 4.74 Å². The van der Waals surface area contributed by atoms with Crippen LogP contribution in [0, 0.1) is 0 Å². The van der Waals surface area contributed by atoms with Crippen molar-refractivity contribution in [1.29, 1.82) is 0 Å². The number of hydrogen-bond acceptors (Lipinski definition) is 3. The van der Waals surface area contributed by atoms with E-state index in [2.05, 4.69) is 42.8 Å². The van der Waals surface area contributed by atoms with Crippen molar-refractivity contribution in [2.24, 2.45) is 5.73 Å². The molecule has 1 aromatic heterocycles. The lowest BCUT2D eigenvalue weighted by Gasteiger charge is -2.21. The topological polar surface area (TPSA) is 53.1 Å². The number of rotatable bonds is 9. The van der Waals surface area contributed by atoms with Gasteiger partial charge in [-0.1, -0.05) is 27.2 Å². The van der Waals surface area contributed by atoms with Crippen LogP contribution in [-0.4, -0.2) is 29.0 Å². The molecule has 0 aromatic carbocycles. The van der Waals surface area contributed by atoms with Gasteiger partial charge in [-0.05, 0) is 25.3 Å². The standard InChI is InChI=1S/C15H29N3O/c1-5-8-15(19-4)14(16)11-12-9-10-18(17-12)13(6-2)7-3/h9-10,13-15H,5-8,11,16H2,1-4H3. The zero-order valence-electron chi connectivity index (χ0n) is 12.8. The van der Waals surface area contributed by atoms with Crippen LogP contribution in [0.1, 0.15) is 58.2 Å². The minimum absolute atomic E-state index is 0.0232. The summed E-state index contributed by atoms with van der Waals surface area (Å²) in [6.07, 6.45) is 7.30. The van der Waals surface area contributed by atoms with Crippen LogP contribution in [0.4, 0.5) is 0 Å². The van der Waals surface area contributed by atoms with Crippen LogP contribution in [0.3, 0.4) is 0 Å². The molecule has 0 radical (unpaired) electrons. The molecule has 0 aliphatic carbocycles. The fourth-order valence-corrected chi connectivity index (χ4v) is 2.52. The van der Waals surface area contributed by atoms with Crippen LogP contribution in [0.15, 0.2) is 12.3 Å². The van der Waals surface area contributed by atoms with Crippen molar-refractivity contribution in [3.63, 3.8) is 0 Å². The molecule has 110 valence electrons. The van der Waals surface area contributed by atoms with Gasteiger partial charge < -0.3 is 10.5 Å². The Kier molecular flexibility index (Phi) is 7.10. The van der Waals surface area contributed by atoms with Gasteiger partial charge in [-0.3, -0.25) is 4.68 Å². The van der Waals surface area contributed by atoms with Crippen molar-refractivity contribution in [1.82, 2.24) is 9.78 Å². The third-order valence-corrected chi connectivity index (χ3v) is 3.78. The summed E-state index contributed by atoms with van der Waals surface area (Å²) in [5.41, 5.74) is 7.29. The quantitative estimate of drug-likeness (QED) is 0.748. The lowest BCUT2D eigenvalue weighted by Crippen LogP contribution is -2.38. The molecule has 1 aromatic rings. The SMILES string of the molecule is CCCC(OC)C(N)Cc1ccn(C(CC)CC)n1. The van der Waals surface area contributed by atoms with Crippen molar-refractivity contribution >= 4 is 0 Å². The summed E-state index contributed by atoms with van der Waals surface area (Å²) >= 11 is 0. The van der Waals surface area contributed by atoms with E-state index in [1.807, 2.05) is 0 Å². The van der Waals surface area contributed by atoms with Gasteiger partial charge in [0.2, 0.25) is 0 Å². The molecule has 0 aliphatic rings. The van der Waals surface area contributed by atoms with E-state index in [-0.39, 0.29) is 12.1 Å². The van der Waals surface area contributed by atoms with Crippen molar-refractivity contribution in [3.8, 4) is 0 Å². The molecule has 19 heavy (non-hydrogen) atoms. The fraction of sp³-hybridized carbons (Fsp3) is 0.800. The smallest absolute Gasteiger partial charge is 0.0725 e. The molecule has 0 saturated heterocycles. The average Bonchev–Trinajstić information content (AvgIpc) is 2.85. The Morgan fingerprint density at radius 3 is 2.53 bits per heavy atom. The molecule has 4 nitrogen and oxygen atoms in total. The maximum atomic E-state index is 6.22. The first kappa shape index (κ1) is 16.2. The summed E-state index contributed by atoms with van der Waals surface area (Å²) < 4.78 is 7.53. The second kappa shape index (κ2) is 8.33. The third-order valence-electron chi connectivity index (χ3n) is 3.78. The summed E-state index contributed by atoms with van der Waals surface area (Å²) in [7, 11) is 1.74. The first-order chi connectivity index (χ1) is 9.15. The Morgan fingerprint density at radius 2 is 2.00 bits per heavy atom. The Hall–Kier alpha value is -0.870. The molecule has 0 aliphatic heterocycles. The highest BCUT2D eigenvalue weighted by Gasteiger charge is 2.18. The van der Waals surface area contributed by atoms with Crippen LogP contribution in [0.5, 0.6) is 0 Å². The lowest BCUT2D eigenvalue weighted by molar-refractivity contribution is 0.0723. The predicted molar refractivity (Wildman–Crippen MR) is 79.2 cm³/mol. The van der Waals surface area contributed by atoms with Gasteiger partial charge in [0.25, 0.3) is 0 Å². The first-order valence-corrected chi connectivity index (χ1v) is 7.48. The summed E-state index contributed by atoms with van der Waals surface area (Å²) in [5, 5.41) is 4.65. The lowest BCUT2D eigenvalue weighted by atomic mass is 10.0. The maximum Gasteiger partial charge on any atom is 0.0725 e. The van der Waals surface area contributed by atoms with Gasteiger partial charge in [0.1, 0.15) is 0 Å². The van der Waals surface area contributed by atoms with E-state index in [1.54, 1.807) is 7.11 Å². The summed E-state index contributed by atoms with van der Waals surface area (Å²) in [6, 6.07) is 2.60. The molecule has 0 bridgehead atoms. The van der Waals surface area contributed by atoms with Gasteiger partial charge in [0.15, 0.2) is 0 Å². The third kappa shape index (κ3) is 4.62. The van der Waals surface area contributed by atoms with Gasteiger partial charge in [-0.15, -0.1) is 0 Å². The van der Waals surface area contributed by atoms with Crippen LogP contribution in [0.25, 0.3) is 0 Å². The summed E-state index contributed by atoms with van der Waals surface area (Å²) in [5.74, 6) is 0. The van der Waals surface area contributed by atoms with E-state index in [4.69, 9.17) is 10.5 Å². The van der Waals surface area contributed by atoms with Crippen LogP contribution >= 0.6 is 0 Å². The van der Waals surface area contributed by atoms with Crippen LogP contribution < -0.4 is 5.73 Å². The van der Waals surface area contributed by atoms with Gasteiger partial charge in [0, 0.05) is 25.8 Å². The molecule has 2 unspecified atom stereocenters. The van der Waals surface area contributed by atoms with Crippen molar-refractivity contribution in [3.05, 3.63) is 18.0 Å². The number of ether oxygens (including phenoxy) is 1.